The molecule has 4 aromatic rings. The van der Waals surface area contributed by atoms with Gasteiger partial charge in [-0.3, -0.25) is 9.69 Å². The number of carbonyl (C=O) groups excluding carboxylic acids is 1. The Morgan fingerprint density at radius 3 is 2.58 bits per heavy atom. The van der Waals surface area contributed by atoms with Crippen LogP contribution in [0.5, 0.6) is 0 Å². The van der Waals surface area contributed by atoms with Gasteiger partial charge in [0.05, 0.1) is 13.2 Å². The summed E-state index contributed by atoms with van der Waals surface area (Å²) in [7, 11) is 0. The van der Waals surface area contributed by atoms with E-state index in [0.29, 0.717) is 25.4 Å². The third kappa shape index (κ3) is 8.47. The molecule has 6 rings (SSSR count). The van der Waals surface area contributed by atoms with Crippen LogP contribution >= 0.6 is 0 Å². The second kappa shape index (κ2) is 15.1. The zero-order valence-electron chi connectivity index (χ0n) is 25.5. The summed E-state index contributed by atoms with van der Waals surface area (Å²) in [6, 6.07) is 18.2. The standard InChI is InChI=1S/C35H38N4O6/c1-26(44-34-4-2-3-18-43-34)35-36-15-16-39(35)22-31-20-33(45-37-31)30-13-11-28(12-14-30)6-5-27-7-9-29(10-8-27)21-38-17-19-42-32(23-38)24-41-25-40/h7-16,20,25-26,32,34H,2-4,17-19,21-24H2,1H3/t26-,32?,34?/m0/s1. The summed E-state index contributed by atoms with van der Waals surface area (Å²) >= 11 is 0. The van der Waals surface area contributed by atoms with E-state index in [1.807, 2.05) is 60.2 Å². The van der Waals surface area contributed by atoms with Gasteiger partial charge in [0, 0.05) is 61.4 Å². The molecule has 0 bridgehead atoms. The van der Waals surface area contributed by atoms with Crippen LogP contribution in [0, 0.1) is 11.8 Å². The molecule has 10 heteroatoms. The first-order chi connectivity index (χ1) is 22.1. The number of rotatable bonds is 11. The SMILES string of the molecule is C[C@H](OC1CCCCO1)c1nccn1Cc1cc(-c2ccc(C#Cc3ccc(CN4CCOC(COC=O)C4)cc3)cc2)on1. The maximum Gasteiger partial charge on any atom is 0.293 e. The van der Waals surface area contributed by atoms with Crippen molar-refractivity contribution in [1.82, 2.24) is 19.6 Å². The quantitative estimate of drug-likeness (QED) is 0.172. The van der Waals surface area contributed by atoms with E-state index in [1.165, 1.54) is 5.56 Å². The second-order valence-electron chi connectivity index (χ2n) is 11.4. The van der Waals surface area contributed by atoms with Crippen molar-refractivity contribution in [3.8, 4) is 23.2 Å². The fourth-order valence-electron chi connectivity index (χ4n) is 5.60. The van der Waals surface area contributed by atoms with Crippen molar-refractivity contribution in [2.45, 2.75) is 57.8 Å². The molecule has 2 aromatic heterocycles. The molecule has 234 valence electrons. The molecule has 45 heavy (non-hydrogen) atoms. The van der Waals surface area contributed by atoms with E-state index < -0.39 is 0 Å². The van der Waals surface area contributed by atoms with E-state index in [2.05, 4.69) is 39.0 Å². The Morgan fingerprint density at radius 2 is 1.82 bits per heavy atom. The fraction of sp³-hybridized carbons (Fsp3) is 0.400. The molecule has 3 atom stereocenters. The normalized spacial score (nSPS) is 19.4. The second-order valence-corrected chi connectivity index (χ2v) is 11.4. The van der Waals surface area contributed by atoms with Gasteiger partial charge in [0.15, 0.2) is 12.1 Å². The van der Waals surface area contributed by atoms with Crippen molar-refractivity contribution in [3.05, 3.63) is 95.2 Å². The Morgan fingerprint density at radius 1 is 1.02 bits per heavy atom. The van der Waals surface area contributed by atoms with Crippen LogP contribution in [0.1, 0.15) is 60.5 Å². The molecular weight excluding hydrogens is 572 g/mol. The van der Waals surface area contributed by atoms with Crippen molar-refractivity contribution in [2.24, 2.45) is 0 Å². The summed E-state index contributed by atoms with van der Waals surface area (Å²) in [6.07, 6.45) is 6.37. The minimum Gasteiger partial charge on any atom is -0.465 e. The highest BCUT2D eigenvalue weighted by atomic mass is 16.7. The third-order valence-corrected chi connectivity index (χ3v) is 7.95. The molecule has 2 aromatic carbocycles. The molecule has 2 saturated heterocycles. The van der Waals surface area contributed by atoms with Gasteiger partial charge in [-0.25, -0.2) is 4.98 Å². The van der Waals surface area contributed by atoms with E-state index in [-0.39, 0.29) is 25.1 Å². The monoisotopic (exact) mass is 610 g/mol. The Kier molecular flexibility index (Phi) is 10.3. The number of aromatic nitrogens is 3. The van der Waals surface area contributed by atoms with Crippen LogP contribution in [0.3, 0.4) is 0 Å². The summed E-state index contributed by atoms with van der Waals surface area (Å²) in [5.41, 5.74) is 4.81. The van der Waals surface area contributed by atoms with Crippen molar-refractivity contribution in [3.63, 3.8) is 0 Å². The Labute approximate surface area is 263 Å². The van der Waals surface area contributed by atoms with E-state index in [4.69, 9.17) is 23.5 Å². The molecule has 2 aliphatic heterocycles. The van der Waals surface area contributed by atoms with Gasteiger partial charge in [-0.2, -0.15) is 0 Å². The van der Waals surface area contributed by atoms with Crippen LogP contribution in [-0.4, -0.2) is 71.4 Å². The highest BCUT2D eigenvalue weighted by Crippen LogP contribution is 2.25. The number of morpholine rings is 1. The Bertz CT molecular complexity index is 1580. The van der Waals surface area contributed by atoms with Crippen LogP contribution in [0.2, 0.25) is 0 Å². The third-order valence-electron chi connectivity index (χ3n) is 7.95. The molecule has 0 aliphatic carbocycles. The summed E-state index contributed by atoms with van der Waals surface area (Å²) in [5.74, 6) is 8.04. The lowest BCUT2D eigenvalue weighted by molar-refractivity contribution is -0.188. The van der Waals surface area contributed by atoms with E-state index in [0.717, 1.165) is 73.7 Å². The van der Waals surface area contributed by atoms with Crippen LogP contribution in [0.25, 0.3) is 11.3 Å². The largest absolute Gasteiger partial charge is 0.465 e. The molecule has 2 unspecified atom stereocenters. The lowest BCUT2D eigenvalue weighted by atomic mass is 10.1. The van der Waals surface area contributed by atoms with Crippen molar-refractivity contribution < 1.29 is 28.3 Å². The van der Waals surface area contributed by atoms with Crippen LogP contribution in [0.4, 0.5) is 0 Å². The van der Waals surface area contributed by atoms with Gasteiger partial charge in [0.1, 0.15) is 30.3 Å². The predicted molar refractivity (Wildman–Crippen MR) is 166 cm³/mol. The lowest BCUT2D eigenvalue weighted by Crippen LogP contribution is -2.43. The Hall–Kier alpha value is -4.27. The average molecular weight is 611 g/mol. The predicted octanol–water partition coefficient (Wildman–Crippen LogP) is 4.96. The van der Waals surface area contributed by atoms with Gasteiger partial charge in [-0.15, -0.1) is 0 Å². The highest BCUT2D eigenvalue weighted by Gasteiger charge is 2.22. The lowest BCUT2D eigenvalue weighted by Gasteiger charge is -2.32. The zero-order chi connectivity index (χ0) is 30.8. The Balaban J connectivity index is 1.02. The summed E-state index contributed by atoms with van der Waals surface area (Å²) in [6.45, 7) is 7.06. The van der Waals surface area contributed by atoms with Crippen LogP contribution in [0.15, 0.2) is 71.5 Å². The molecular formula is C35H38N4O6. The highest BCUT2D eigenvalue weighted by molar-refractivity contribution is 5.59. The van der Waals surface area contributed by atoms with E-state index >= 15 is 0 Å². The first kappa shape index (κ1) is 30.7. The van der Waals surface area contributed by atoms with Crippen molar-refractivity contribution in [2.75, 3.05) is 32.9 Å². The minimum atomic E-state index is -0.194. The molecule has 0 spiro atoms. The van der Waals surface area contributed by atoms with Gasteiger partial charge in [0.2, 0.25) is 0 Å². The zero-order valence-corrected chi connectivity index (χ0v) is 25.5. The number of imidazole rings is 1. The maximum atomic E-state index is 10.5. The average Bonchev–Trinajstić information content (AvgIpc) is 3.75. The van der Waals surface area contributed by atoms with Gasteiger partial charge >= 0.3 is 0 Å². The molecule has 2 aliphatic rings. The van der Waals surface area contributed by atoms with Gasteiger partial charge < -0.3 is 28.0 Å². The number of nitrogens with zero attached hydrogens (tertiary/aromatic N) is 4. The first-order valence-electron chi connectivity index (χ1n) is 15.5. The van der Waals surface area contributed by atoms with Crippen LogP contribution < -0.4 is 0 Å². The smallest absolute Gasteiger partial charge is 0.293 e. The maximum absolute atomic E-state index is 10.5. The number of hydrogen-bond acceptors (Lipinski definition) is 9. The number of ether oxygens (including phenoxy) is 4. The van der Waals surface area contributed by atoms with Crippen molar-refractivity contribution in [1.29, 1.82) is 0 Å². The summed E-state index contributed by atoms with van der Waals surface area (Å²) in [4.78, 5) is 17.3. The molecule has 0 saturated carbocycles. The molecule has 0 N–H and O–H groups in total. The van der Waals surface area contributed by atoms with Crippen molar-refractivity contribution >= 4 is 6.47 Å². The minimum absolute atomic E-state index is 0.0849. The molecule has 2 fully saturated rings. The summed E-state index contributed by atoms with van der Waals surface area (Å²) in [5, 5.41) is 4.30. The molecule has 10 nitrogen and oxygen atoms in total. The molecule has 0 amide bonds. The van der Waals surface area contributed by atoms with E-state index in [9.17, 15) is 4.79 Å². The number of benzene rings is 2. The number of hydrogen-bond donors (Lipinski definition) is 0. The first-order valence-corrected chi connectivity index (χ1v) is 15.5. The van der Waals surface area contributed by atoms with Gasteiger partial charge in [-0.1, -0.05) is 29.1 Å². The fourth-order valence-corrected chi connectivity index (χ4v) is 5.60. The van der Waals surface area contributed by atoms with Gasteiger partial charge in [-0.05, 0) is 68.1 Å². The number of carbonyl (C=O) groups is 1. The van der Waals surface area contributed by atoms with Crippen LogP contribution in [-0.2, 0) is 36.8 Å². The van der Waals surface area contributed by atoms with E-state index in [1.54, 1.807) is 6.20 Å². The summed E-state index contributed by atoms with van der Waals surface area (Å²) < 4.78 is 30.1. The van der Waals surface area contributed by atoms with Gasteiger partial charge in [0.25, 0.3) is 6.47 Å². The molecule has 0 radical (unpaired) electrons. The topological polar surface area (TPSA) is 101 Å². The molecule has 4 heterocycles.